The largest absolute Gasteiger partial charge is 0.369 e. The molecule has 0 atom stereocenters. The second-order valence-corrected chi connectivity index (χ2v) is 4.32. The lowest BCUT2D eigenvalue weighted by Crippen LogP contribution is -2.27. The molecular formula is C13H14ClN3O. The first-order valence-electron chi connectivity index (χ1n) is 5.62. The molecule has 2 aromatic rings. The van der Waals surface area contributed by atoms with E-state index in [1.165, 1.54) is 0 Å². The third-order valence-electron chi connectivity index (χ3n) is 2.78. The predicted molar refractivity (Wildman–Crippen MR) is 73.3 cm³/mol. The molecule has 1 N–H and O–H groups in total. The molecule has 0 saturated carbocycles. The molecule has 0 radical (unpaired) electrons. The van der Waals surface area contributed by atoms with Crippen molar-refractivity contribution in [1.29, 1.82) is 0 Å². The summed E-state index contributed by atoms with van der Waals surface area (Å²) in [5, 5.41) is 3.10. The van der Waals surface area contributed by atoms with Gasteiger partial charge in [-0.3, -0.25) is 4.79 Å². The summed E-state index contributed by atoms with van der Waals surface area (Å²) in [5.41, 5.74) is 1.56. The molecule has 0 spiro atoms. The Morgan fingerprint density at radius 2 is 2.00 bits per heavy atom. The zero-order valence-electron chi connectivity index (χ0n) is 10.3. The van der Waals surface area contributed by atoms with Crippen molar-refractivity contribution in [2.45, 2.75) is 13.5 Å². The van der Waals surface area contributed by atoms with Gasteiger partial charge in [-0.25, -0.2) is 4.98 Å². The van der Waals surface area contributed by atoms with Crippen molar-refractivity contribution in [3.63, 3.8) is 0 Å². The summed E-state index contributed by atoms with van der Waals surface area (Å²) in [6, 6.07) is 9.77. The zero-order valence-corrected chi connectivity index (χ0v) is 11.0. The van der Waals surface area contributed by atoms with Crippen molar-refractivity contribution in [1.82, 2.24) is 9.55 Å². The molecule has 0 unspecified atom stereocenters. The quantitative estimate of drug-likeness (QED) is 0.924. The first kappa shape index (κ1) is 12.6. The van der Waals surface area contributed by atoms with Gasteiger partial charge >= 0.3 is 0 Å². The Bertz CT molecular complexity index is 608. The van der Waals surface area contributed by atoms with E-state index in [1.54, 1.807) is 18.5 Å². The van der Waals surface area contributed by atoms with Crippen LogP contribution in [0, 0.1) is 6.92 Å². The Hall–Kier alpha value is -1.81. The van der Waals surface area contributed by atoms with E-state index in [-0.39, 0.29) is 11.4 Å². The molecule has 0 saturated heterocycles. The second-order valence-electron chi connectivity index (χ2n) is 3.96. The van der Waals surface area contributed by atoms with Gasteiger partial charge in [0.1, 0.15) is 0 Å². The molecule has 0 aliphatic heterocycles. The maximum absolute atomic E-state index is 12.2. The SMILES string of the molecule is CNc1nc(Cl)c(C)n(Cc2ccccc2)c1=O. The molecule has 1 aromatic heterocycles. The molecule has 2 rings (SSSR count). The van der Waals surface area contributed by atoms with Crippen molar-refractivity contribution in [2.75, 3.05) is 12.4 Å². The monoisotopic (exact) mass is 263 g/mol. The minimum Gasteiger partial charge on any atom is -0.369 e. The van der Waals surface area contributed by atoms with Crippen molar-refractivity contribution in [3.05, 3.63) is 57.1 Å². The summed E-state index contributed by atoms with van der Waals surface area (Å²) in [5.74, 6) is 0.265. The van der Waals surface area contributed by atoms with E-state index in [9.17, 15) is 4.79 Å². The highest BCUT2D eigenvalue weighted by atomic mass is 35.5. The van der Waals surface area contributed by atoms with E-state index in [1.807, 2.05) is 30.3 Å². The third-order valence-corrected chi connectivity index (χ3v) is 3.14. The summed E-state index contributed by atoms with van der Waals surface area (Å²) in [4.78, 5) is 16.2. The van der Waals surface area contributed by atoms with Crippen LogP contribution in [0.15, 0.2) is 35.1 Å². The van der Waals surface area contributed by atoms with Crippen LogP contribution in [0.25, 0.3) is 0 Å². The Morgan fingerprint density at radius 3 is 2.61 bits per heavy atom. The number of rotatable bonds is 3. The van der Waals surface area contributed by atoms with Crippen LogP contribution >= 0.6 is 11.6 Å². The molecule has 1 heterocycles. The van der Waals surface area contributed by atoms with Crippen molar-refractivity contribution in [2.24, 2.45) is 0 Å². The zero-order chi connectivity index (χ0) is 13.1. The van der Waals surface area contributed by atoms with Gasteiger partial charge in [-0.2, -0.15) is 0 Å². The standard InChI is InChI=1S/C13H14ClN3O/c1-9-11(14)16-12(15-2)13(18)17(9)8-10-6-4-3-5-7-10/h3-7H,8H2,1-2H3,(H,15,16). The average molecular weight is 264 g/mol. The highest BCUT2D eigenvalue weighted by molar-refractivity contribution is 6.30. The van der Waals surface area contributed by atoms with Crippen molar-refractivity contribution in [3.8, 4) is 0 Å². The fourth-order valence-electron chi connectivity index (χ4n) is 1.74. The first-order valence-corrected chi connectivity index (χ1v) is 6.00. The lowest BCUT2D eigenvalue weighted by atomic mass is 10.2. The summed E-state index contributed by atoms with van der Waals surface area (Å²) >= 11 is 6.03. The molecule has 1 aromatic carbocycles. The number of anilines is 1. The molecule has 94 valence electrons. The fourth-order valence-corrected chi connectivity index (χ4v) is 1.92. The van der Waals surface area contributed by atoms with Gasteiger partial charge in [0.2, 0.25) is 0 Å². The van der Waals surface area contributed by atoms with Gasteiger partial charge in [0.05, 0.1) is 12.2 Å². The van der Waals surface area contributed by atoms with Crippen LogP contribution in [0.2, 0.25) is 5.15 Å². The third kappa shape index (κ3) is 2.38. The van der Waals surface area contributed by atoms with Crippen molar-refractivity contribution < 1.29 is 0 Å². The Morgan fingerprint density at radius 1 is 1.33 bits per heavy atom. The van der Waals surface area contributed by atoms with Crippen LogP contribution in [0.5, 0.6) is 0 Å². The van der Waals surface area contributed by atoms with Gasteiger partial charge in [0.25, 0.3) is 5.56 Å². The van der Waals surface area contributed by atoms with Gasteiger partial charge in [0, 0.05) is 7.05 Å². The lowest BCUT2D eigenvalue weighted by molar-refractivity contribution is 0.721. The minimum absolute atomic E-state index is 0.164. The van der Waals surface area contributed by atoms with Crippen LogP contribution in [-0.2, 0) is 6.54 Å². The molecule has 4 nitrogen and oxygen atoms in total. The van der Waals surface area contributed by atoms with Gasteiger partial charge in [-0.15, -0.1) is 0 Å². The van der Waals surface area contributed by atoms with E-state index in [4.69, 9.17) is 11.6 Å². The van der Waals surface area contributed by atoms with Crippen LogP contribution in [-0.4, -0.2) is 16.6 Å². The van der Waals surface area contributed by atoms with Crippen LogP contribution < -0.4 is 10.9 Å². The van der Waals surface area contributed by atoms with Crippen LogP contribution in [0.3, 0.4) is 0 Å². The second kappa shape index (κ2) is 5.23. The summed E-state index contributed by atoms with van der Waals surface area (Å²) < 4.78 is 1.62. The molecule has 0 fully saturated rings. The Balaban J connectivity index is 2.50. The van der Waals surface area contributed by atoms with Crippen molar-refractivity contribution >= 4 is 17.4 Å². The number of halogens is 1. The number of hydrogen-bond acceptors (Lipinski definition) is 3. The number of aromatic nitrogens is 2. The number of benzene rings is 1. The average Bonchev–Trinajstić information content (AvgIpc) is 2.40. The highest BCUT2D eigenvalue weighted by Crippen LogP contribution is 2.13. The van der Waals surface area contributed by atoms with Crippen LogP contribution in [0.1, 0.15) is 11.3 Å². The summed E-state index contributed by atoms with van der Waals surface area (Å²) in [6.07, 6.45) is 0. The molecule has 0 aliphatic rings. The molecule has 5 heteroatoms. The van der Waals surface area contributed by atoms with Gasteiger partial charge in [-0.05, 0) is 12.5 Å². The maximum atomic E-state index is 12.2. The topological polar surface area (TPSA) is 46.9 Å². The maximum Gasteiger partial charge on any atom is 0.293 e. The summed E-state index contributed by atoms with van der Waals surface area (Å²) in [6.45, 7) is 2.28. The van der Waals surface area contributed by atoms with Gasteiger partial charge in [0.15, 0.2) is 11.0 Å². The highest BCUT2D eigenvalue weighted by Gasteiger charge is 2.11. The van der Waals surface area contributed by atoms with E-state index >= 15 is 0 Å². The Labute approximate surface area is 110 Å². The predicted octanol–water partition coefficient (Wildman–Crippen LogP) is 2.30. The molecule has 0 amide bonds. The van der Waals surface area contributed by atoms with E-state index in [0.717, 1.165) is 5.56 Å². The normalized spacial score (nSPS) is 10.4. The van der Waals surface area contributed by atoms with Crippen LogP contribution in [0.4, 0.5) is 5.82 Å². The fraction of sp³-hybridized carbons (Fsp3) is 0.231. The Kier molecular flexibility index (Phi) is 3.67. The number of hydrogen-bond donors (Lipinski definition) is 1. The molecule has 0 bridgehead atoms. The molecular weight excluding hydrogens is 250 g/mol. The van der Waals surface area contributed by atoms with E-state index < -0.39 is 0 Å². The lowest BCUT2D eigenvalue weighted by Gasteiger charge is -2.12. The first-order chi connectivity index (χ1) is 8.63. The minimum atomic E-state index is -0.164. The number of nitrogens with zero attached hydrogens (tertiary/aromatic N) is 2. The van der Waals surface area contributed by atoms with Gasteiger partial charge in [-0.1, -0.05) is 41.9 Å². The van der Waals surface area contributed by atoms with Gasteiger partial charge < -0.3 is 9.88 Å². The molecule has 0 aliphatic carbocycles. The smallest absolute Gasteiger partial charge is 0.293 e. The van der Waals surface area contributed by atoms with E-state index in [2.05, 4.69) is 10.3 Å². The number of nitrogens with one attached hydrogen (secondary N) is 1. The summed E-state index contributed by atoms with van der Waals surface area (Å²) in [7, 11) is 1.66. The van der Waals surface area contributed by atoms with E-state index in [0.29, 0.717) is 17.4 Å². The molecule has 18 heavy (non-hydrogen) atoms.